The number of hydrogen-bond acceptors (Lipinski definition) is 8. The number of pyridine rings is 2. The molecular formula is C32H45N3O7. The lowest BCUT2D eigenvalue weighted by Gasteiger charge is -2.35. The van der Waals surface area contributed by atoms with E-state index in [2.05, 4.69) is 16.0 Å². The molecule has 0 aromatic carbocycles. The molecule has 10 heteroatoms. The minimum Gasteiger partial charge on any atom is -0.481 e. The molecule has 0 bridgehead atoms. The SMILES string of the molecule is COc1ncc(C2CCC2)cc1CO[C@H]1[C@H](C(C)(C)C)[C@@H](C(=O)O)N(C(=O)OC(C)C)[C@H]1c1cccnc1OC(C)C. The van der Waals surface area contributed by atoms with Gasteiger partial charge in [-0.2, -0.15) is 0 Å². The van der Waals surface area contributed by atoms with E-state index in [1.165, 1.54) is 11.3 Å². The van der Waals surface area contributed by atoms with Gasteiger partial charge in [-0.15, -0.1) is 0 Å². The number of ether oxygens (including phenoxy) is 4. The molecule has 1 aliphatic heterocycles. The Morgan fingerprint density at radius 1 is 1.10 bits per heavy atom. The smallest absolute Gasteiger partial charge is 0.411 e. The summed E-state index contributed by atoms with van der Waals surface area (Å²) in [7, 11) is 1.57. The second kappa shape index (κ2) is 12.9. The average molecular weight is 584 g/mol. The van der Waals surface area contributed by atoms with Gasteiger partial charge in [0.1, 0.15) is 6.04 Å². The Morgan fingerprint density at radius 2 is 1.81 bits per heavy atom. The number of hydrogen-bond donors (Lipinski definition) is 1. The third-order valence-corrected chi connectivity index (χ3v) is 8.02. The highest BCUT2D eigenvalue weighted by molar-refractivity contribution is 5.82. The maximum atomic E-state index is 13.7. The van der Waals surface area contributed by atoms with Crippen molar-refractivity contribution < 1.29 is 33.6 Å². The van der Waals surface area contributed by atoms with Crippen molar-refractivity contribution in [2.24, 2.45) is 11.3 Å². The van der Waals surface area contributed by atoms with E-state index in [1.54, 1.807) is 33.2 Å². The fraction of sp³-hybridized carbons (Fsp3) is 0.625. The summed E-state index contributed by atoms with van der Waals surface area (Å²) >= 11 is 0. The number of aliphatic carboxylic acids is 1. The first-order valence-electron chi connectivity index (χ1n) is 14.8. The van der Waals surface area contributed by atoms with Gasteiger partial charge in [0, 0.05) is 29.4 Å². The van der Waals surface area contributed by atoms with Crippen LogP contribution in [0.4, 0.5) is 4.79 Å². The van der Waals surface area contributed by atoms with E-state index in [0.717, 1.165) is 24.0 Å². The number of carboxylic acids is 1. The molecule has 42 heavy (non-hydrogen) atoms. The maximum Gasteiger partial charge on any atom is 0.411 e. The lowest BCUT2D eigenvalue weighted by molar-refractivity contribution is -0.145. The molecular weight excluding hydrogens is 538 g/mol. The molecule has 0 unspecified atom stereocenters. The molecule has 1 N–H and O–H groups in total. The zero-order chi connectivity index (χ0) is 30.8. The lowest BCUT2D eigenvalue weighted by Crippen LogP contribution is -2.47. The summed E-state index contributed by atoms with van der Waals surface area (Å²) in [5.41, 5.74) is 1.90. The fourth-order valence-corrected chi connectivity index (χ4v) is 6.04. The number of carbonyl (C=O) groups excluding carboxylic acids is 1. The molecule has 2 aromatic heterocycles. The predicted octanol–water partition coefficient (Wildman–Crippen LogP) is 6.14. The van der Waals surface area contributed by atoms with E-state index >= 15 is 0 Å². The number of amides is 1. The van der Waals surface area contributed by atoms with E-state index in [1.807, 2.05) is 46.9 Å². The van der Waals surface area contributed by atoms with E-state index in [-0.39, 0.29) is 12.7 Å². The minimum absolute atomic E-state index is 0.116. The van der Waals surface area contributed by atoms with Crippen LogP contribution in [0.1, 0.15) is 96.4 Å². The quantitative estimate of drug-likeness (QED) is 0.351. The topological polar surface area (TPSA) is 120 Å². The Balaban J connectivity index is 1.84. The van der Waals surface area contributed by atoms with Crippen molar-refractivity contribution in [3.63, 3.8) is 0 Å². The third-order valence-electron chi connectivity index (χ3n) is 8.02. The highest BCUT2D eigenvalue weighted by Crippen LogP contribution is 2.51. The molecule has 10 nitrogen and oxygen atoms in total. The molecule has 4 atom stereocenters. The van der Waals surface area contributed by atoms with Crippen LogP contribution >= 0.6 is 0 Å². The van der Waals surface area contributed by atoms with Crippen molar-refractivity contribution in [2.75, 3.05) is 7.11 Å². The van der Waals surface area contributed by atoms with E-state index in [9.17, 15) is 14.7 Å². The fourth-order valence-electron chi connectivity index (χ4n) is 6.04. The Kier molecular flexibility index (Phi) is 9.65. The number of likely N-dealkylation sites (tertiary alicyclic amines) is 1. The number of carbonyl (C=O) groups is 2. The molecule has 1 saturated carbocycles. The van der Waals surface area contributed by atoms with Crippen molar-refractivity contribution in [3.05, 3.63) is 47.3 Å². The first-order chi connectivity index (χ1) is 19.8. The van der Waals surface area contributed by atoms with Crippen molar-refractivity contribution in [3.8, 4) is 11.8 Å². The Morgan fingerprint density at radius 3 is 2.36 bits per heavy atom. The van der Waals surface area contributed by atoms with Gasteiger partial charge in [-0.25, -0.2) is 19.6 Å². The van der Waals surface area contributed by atoms with Crippen molar-refractivity contribution in [1.82, 2.24) is 14.9 Å². The molecule has 2 aromatic rings. The van der Waals surface area contributed by atoms with Crippen LogP contribution in [-0.4, -0.2) is 63.5 Å². The minimum atomic E-state index is -1.22. The van der Waals surface area contributed by atoms with Gasteiger partial charge in [0.05, 0.1) is 38.1 Å². The van der Waals surface area contributed by atoms with E-state index in [0.29, 0.717) is 23.2 Å². The summed E-state index contributed by atoms with van der Waals surface area (Å²) in [6, 6.07) is 3.56. The van der Waals surface area contributed by atoms with Crippen LogP contribution in [0.2, 0.25) is 0 Å². The summed E-state index contributed by atoms with van der Waals surface area (Å²) in [6.07, 6.45) is 4.79. The molecule has 1 aliphatic carbocycles. The number of nitrogens with zero attached hydrogens (tertiary/aromatic N) is 3. The van der Waals surface area contributed by atoms with Gasteiger partial charge >= 0.3 is 12.1 Å². The Labute approximate surface area is 248 Å². The summed E-state index contributed by atoms with van der Waals surface area (Å²) in [5, 5.41) is 10.6. The van der Waals surface area contributed by atoms with Gasteiger partial charge in [-0.1, -0.05) is 27.2 Å². The monoisotopic (exact) mass is 583 g/mol. The number of aromatic nitrogens is 2. The summed E-state index contributed by atoms with van der Waals surface area (Å²) < 4.78 is 24.0. The van der Waals surface area contributed by atoms with Crippen LogP contribution in [-0.2, 0) is 20.9 Å². The van der Waals surface area contributed by atoms with Crippen molar-refractivity contribution in [2.45, 2.75) is 111 Å². The van der Waals surface area contributed by atoms with Crippen molar-refractivity contribution in [1.29, 1.82) is 0 Å². The van der Waals surface area contributed by atoms with Gasteiger partial charge in [-0.3, -0.25) is 4.90 Å². The molecule has 230 valence electrons. The zero-order valence-corrected chi connectivity index (χ0v) is 26.0. The third kappa shape index (κ3) is 6.64. The van der Waals surface area contributed by atoms with E-state index in [4.69, 9.17) is 18.9 Å². The number of rotatable bonds is 10. The summed E-state index contributed by atoms with van der Waals surface area (Å²) in [5.74, 6) is -0.504. The zero-order valence-electron chi connectivity index (χ0n) is 26.0. The predicted molar refractivity (Wildman–Crippen MR) is 157 cm³/mol. The van der Waals surface area contributed by atoms with Crippen LogP contribution in [0.5, 0.6) is 11.8 Å². The molecule has 0 spiro atoms. The van der Waals surface area contributed by atoms with Gasteiger partial charge in [0.25, 0.3) is 0 Å². The Bertz CT molecular complexity index is 1250. The normalized spacial score (nSPS) is 22.8. The van der Waals surface area contributed by atoms with Gasteiger partial charge in [-0.05, 0) is 75.6 Å². The second-order valence-corrected chi connectivity index (χ2v) is 12.9. The average Bonchev–Trinajstić information content (AvgIpc) is 3.22. The van der Waals surface area contributed by atoms with Crippen LogP contribution in [0.15, 0.2) is 30.6 Å². The summed E-state index contributed by atoms with van der Waals surface area (Å²) in [4.78, 5) is 37.1. The lowest BCUT2D eigenvalue weighted by atomic mass is 9.73. The second-order valence-electron chi connectivity index (χ2n) is 12.9. The Hall–Kier alpha value is -3.40. The molecule has 3 heterocycles. The van der Waals surface area contributed by atoms with Crippen LogP contribution in [0, 0.1) is 11.3 Å². The number of methoxy groups -OCH3 is 1. The van der Waals surface area contributed by atoms with Gasteiger partial charge in [0.2, 0.25) is 11.8 Å². The summed E-state index contributed by atoms with van der Waals surface area (Å²) in [6.45, 7) is 13.3. The molecule has 4 rings (SSSR count). The van der Waals surface area contributed by atoms with Gasteiger partial charge < -0.3 is 24.1 Å². The molecule has 1 amide bonds. The largest absolute Gasteiger partial charge is 0.481 e. The van der Waals surface area contributed by atoms with Crippen LogP contribution < -0.4 is 9.47 Å². The highest BCUT2D eigenvalue weighted by atomic mass is 16.6. The first kappa shape index (κ1) is 31.5. The maximum absolute atomic E-state index is 13.7. The molecule has 2 fully saturated rings. The molecule has 1 saturated heterocycles. The highest BCUT2D eigenvalue weighted by Gasteiger charge is 2.60. The van der Waals surface area contributed by atoms with Crippen molar-refractivity contribution >= 4 is 12.1 Å². The molecule has 0 radical (unpaired) electrons. The first-order valence-corrected chi connectivity index (χ1v) is 14.8. The van der Waals surface area contributed by atoms with E-state index < -0.39 is 47.7 Å². The standard InChI is InChI=1S/C32H45N3O7/c1-18(2)41-29-23(13-10-14-33-29)25-27(40-17-22-15-21(20-11-9-12-20)16-34-28(22)39-8)24(32(5,6)7)26(30(36)37)35(25)31(38)42-19(3)4/h10,13-16,18-20,24-27H,9,11-12,17H2,1-8H3,(H,36,37)/t24-,25+,26+,27+/m1/s1. The van der Waals surface area contributed by atoms with Gasteiger partial charge in [0.15, 0.2) is 0 Å². The van der Waals surface area contributed by atoms with Crippen LogP contribution in [0.25, 0.3) is 0 Å². The number of carboxylic acid groups (broad SMARTS) is 1. The van der Waals surface area contributed by atoms with Crippen LogP contribution in [0.3, 0.4) is 0 Å². The molecule has 2 aliphatic rings.